The van der Waals surface area contributed by atoms with Crippen LogP contribution in [0.4, 0.5) is 35.1 Å². The number of amides is 1. The molecule has 5 rings (SSSR count). The lowest BCUT2D eigenvalue weighted by atomic mass is 9.87. The average molecular weight is 742 g/mol. The van der Waals surface area contributed by atoms with Gasteiger partial charge in [0.05, 0.1) is 23.6 Å². The molecule has 3 aromatic rings. The monoisotopic (exact) mass is 741 g/mol. The number of aliphatic carboxylic acids is 1. The standard InChI is InChI=1S/C37H39F8N3O4/c1-21-14-25(38)15-22-8-5-3-2-4-6-9-30(48-20-23(10-13-47-11-7-12-47)27(18-31(48)49)36(40,41)42)35(52)46-29(19-32(50)51)26-16-24(33(21)22)17-28(34(26)39)37(43,44)45/h14-18,20,29-30H,2-13,19H2,1H3,(H,46,52)(H,50,51)/t29-,30-/m0/s1. The van der Waals surface area contributed by atoms with Gasteiger partial charge in [-0.25, -0.2) is 8.78 Å². The fourth-order valence-electron chi connectivity index (χ4n) is 7.12. The quantitative estimate of drug-likeness (QED) is 0.249. The zero-order chi connectivity index (χ0) is 38.0. The number of pyridine rings is 1. The van der Waals surface area contributed by atoms with E-state index in [0.717, 1.165) is 29.3 Å². The summed E-state index contributed by atoms with van der Waals surface area (Å²) in [4.78, 5) is 41.3. The molecule has 0 unspecified atom stereocenters. The Kier molecular flexibility index (Phi) is 11.8. The molecular formula is C37H39F8N3O4. The van der Waals surface area contributed by atoms with Crippen LogP contribution in [-0.4, -0.2) is 46.1 Å². The number of carboxylic acids is 1. The third-order valence-corrected chi connectivity index (χ3v) is 9.82. The second kappa shape index (κ2) is 15.8. The molecule has 2 aliphatic heterocycles. The number of nitrogens with zero attached hydrogens (tertiary/aromatic N) is 2. The van der Waals surface area contributed by atoms with E-state index < -0.39 is 76.6 Å². The van der Waals surface area contributed by atoms with Crippen LogP contribution in [-0.2, 0) is 34.8 Å². The summed E-state index contributed by atoms with van der Waals surface area (Å²) in [6.45, 7) is 3.15. The summed E-state index contributed by atoms with van der Waals surface area (Å²) < 4.78 is 117. The number of aromatic nitrogens is 1. The van der Waals surface area contributed by atoms with Gasteiger partial charge in [0, 0.05) is 24.4 Å². The van der Waals surface area contributed by atoms with E-state index in [1.54, 1.807) is 0 Å². The van der Waals surface area contributed by atoms with Crippen molar-refractivity contribution in [2.45, 2.75) is 95.6 Å². The van der Waals surface area contributed by atoms with E-state index in [1.807, 2.05) is 4.90 Å². The lowest BCUT2D eigenvalue weighted by Gasteiger charge is -2.31. The van der Waals surface area contributed by atoms with E-state index in [4.69, 9.17) is 0 Å². The van der Waals surface area contributed by atoms with Crippen LogP contribution in [0, 0.1) is 18.6 Å². The Morgan fingerprint density at radius 1 is 0.885 bits per heavy atom. The molecule has 0 spiro atoms. The van der Waals surface area contributed by atoms with Gasteiger partial charge < -0.3 is 19.9 Å². The molecular weight excluding hydrogens is 702 g/mol. The summed E-state index contributed by atoms with van der Waals surface area (Å²) in [7, 11) is 0. The van der Waals surface area contributed by atoms with Crippen molar-refractivity contribution in [1.82, 2.24) is 14.8 Å². The fraction of sp³-hybridized carbons (Fsp3) is 0.486. The third kappa shape index (κ3) is 9.02. The Labute approximate surface area is 294 Å². The minimum atomic E-state index is -5.26. The Balaban J connectivity index is 1.66. The van der Waals surface area contributed by atoms with Crippen molar-refractivity contribution >= 4 is 11.9 Å². The highest BCUT2D eigenvalue weighted by Crippen LogP contribution is 2.41. The molecule has 52 heavy (non-hydrogen) atoms. The fourth-order valence-corrected chi connectivity index (χ4v) is 7.12. The highest BCUT2D eigenvalue weighted by atomic mass is 19.4. The highest BCUT2D eigenvalue weighted by molar-refractivity contribution is 5.82. The van der Waals surface area contributed by atoms with E-state index in [2.05, 4.69) is 5.32 Å². The van der Waals surface area contributed by atoms with Crippen LogP contribution in [0.3, 0.4) is 0 Å². The predicted molar refractivity (Wildman–Crippen MR) is 176 cm³/mol. The van der Waals surface area contributed by atoms with E-state index in [-0.39, 0.29) is 48.1 Å². The molecule has 1 fully saturated rings. The largest absolute Gasteiger partial charge is 0.481 e. The SMILES string of the molecule is Cc1cc(F)cc2c1-c1cc(c(F)c(C(F)(F)F)c1)[C@H](CC(=O)O)NC(=O)[C@@H](n1cc(CCN3CCC3)c(C(F)(F)F)cc1=O)CCCCCCC2. The normalized spacial score (nSPS) is 19.4. The lowest BCUT2D eigenvalue weighted by molar-refractivity contribution is -0.140. The van der Waals surface area contributed by atoms with Gasteiger partial charge in [-0.3, -0.25) is 14.4 Å². The van der Waals surface area contributed by atoms with Crippen LogP contribution in [0.25, 0.3) is 11.1 Å². The van der Waals surface area contributed by atoms with Gasteiger partial charge in [-0.05, 0) is 104 Å². The Morgan fingerprint density at radius 2 is 1.56 bits per heavy atom. The Hall–Kier alpha value is -4.27. The number of halogens is 8. The van der Waals surface area contributed by atoms with Gasteiger partial charge >= 0.3 is 18.3 Å². The summed E-state index contributed by atoms with van der Waals surface area (Å²) in [6.07, 6.45) is -6.72. The second-order valence-electron chi connectivity index (χ2n) is 13.6. The summed E-state index contributed by atoms with van der Waals surface area (Å²) in [5.74, 6) is -5.13. The molecule has 0 aliphatic carbocycles. The number of fused-ring (bicyclic) bond motifs is 4. The summed E-state index contributed by atoms with van der Waals surface area (Å²) in [6, 6.07) is 0.895. The summed E-state index contributed by atoms with van der Waals surface area (Å²) in [5.41, 5.74) is -4.42. The van der Waals surface area contributed by atoms with E-state index in [1.165, 1.54) is 13.0 Å². The molecule has 2 bridgehead atoms. The number of carbonyl (C=O) groups excluding carboxylic acids is 1. The van der Waals surface area contributed by atoms with Crippen LogP contribution in [0.15, 0.2) is 41.3 Å². The van der Waals surface area contributed by atoms with Crippen LogP contribution >= 0.6 is 0 Å². The molecule has 0 saturated carbocycles. The molecule has 3 heterocycles. The minimum absolute atomic E-state index is 0.0892. The summed E-state index contributed by atoms with van der Waals surface area (Å²) >= 11 is 0. The van der Waals surface area contributed by atoms with Gasteiger partial charge in [0.25, 0.3) is 5.56 Å². The number of aryl methyl sites for hydroxylation is 2. The molecule has 1 aromatic heterocycles. The van der Waals surface area contributed by atoms with Crippen molar-refractivity contribution in [1.29, 1.82) is 0 Å². The van der Waals surface area contributed by atoms with Gasteiger partial charge in [-0.2, -0.15) is 26.3 Å². The number of benzene rings is 2. The topological polar surface area (TPSA) is 91.6 Å². The van der Waals surface area contributed by atoms with Gasteiger partial charge in [0.15, 0.2) is 0 Å². The highest BCUT2D eigenvalue weighted by Gasteiger charge is 2.39. The number of nitrogens with one attached hydrogen (secondary N) is 1. The van der Waals surface area contributed by atoms with Crippen molar-refractivity contribution in [2.75, 3.05) is 19.6 Å². The van der Waals surface area contributed by atoms with E-state index >= 15 is 4.39 Å². The van der Waals surface area contributed by atoms with Crippen molar-refractivity contribution in [3.8, 4) is 11.1 Å². The van der Waals surface area contributed by atoms with Crippen molar-refractivity contribution in [3.05, 3.63) is 91.9 Å². The average Bonchev–Trinajstić information content (AvgIpc) is 3.00. The van der Waals surface area contributed by atoms with Gasteiger partial charge in [-0.1, -0.05) is 25.7 Å². The molecule has 1 amide bonds. The molecule has 0 radical (unpaired) electrons. The maximum absolute atomic E-state index is 15.9. The molecule has 1 saturated heterocycles. The number of likely N-dealkylation sites (tertiary alicyclic amines) is 1. The first kappa shape index (κ1) is 38.9. The molecule has 7 nitrogen and oxygen atoms in total. The van der Waals surface area contributed by atoms with Gasteiger partial charge in [0.1, 0.15) is 17.7 Å². The zero-order valence-corrected chi connectivity index (χ0v) is 28.4. The van der Waals surface area contributed by atoms with Gasteiger partial charge in [-0.15, -0.1) is 0 Å². The summed E-state index contributed by atoms with van der Waals surface area (Å²) in [5, 5.41) is 12.1. The number of carbonyl (C=O) groups is 2. The van der Waals surface area contributed by atoms with Crippen LogP contribution < -0.4 is 10.9 Å². The maximum Gasteiger partial charge on any atom is 0.419 e. The number of rotatable bonds is 6. The van der Waals surface area contributed by atoms with Crippen LogP contribution in [0.1, 0.15) is 96.8 Å². The Morgan fingerprint density at radius 3 is 2.19 bits per heavy atom. The molecule has 2 N–H and O–H groups in total. The van der Waals surface area contributed by atoms with Crippen molar-refractivity contribution in [3.63, 3.8) is 0 Å². The van der Waals surface area contributed by atoms with Gasteiger partial charge in [0.2, 0.25) is 5.91 Å². The van der Waals surface area contributed by atoms with Crippen LogP contribution in [0.5, 0.6) is 0 Å². The lowest BCUT2D eigenvalue weighted by Crippen LogP contribution is -2.41. The molecule has 15 heteroatoms. The zero-order valence-electron chi connectivity index (χ0n) is 28.4. The predicted octanol–water partition coefficient (Wildman–Crippen LogP) is 8.16. The Bertz CT molecular complexity index is 1870. The second-order valence-corrected chi connectivity index (χ2v) is 13.6. The number of alkyl halides is 6. The first-order chi connectivity index (χ1) is 24.4. The first-order valence-electron chi connectivity index (χ1n) is 17.2. The molecule has 282 valence electrons. The van der Waals surface area contributed by atoms with Crippen LogP contribution in [0.2, 0.25) is 0 Å². The number of hydrogen-bond donors (Lipinski definition) is 2. The minimum Gasteiger partial charge on any atom is -0.481 e. The van der Waals surface area contributed by atoms with Crippen molar-refractivity contribution < 1.29 is 49.8 Å². The molecule has 2 atom stereocenters. The first-order valence-corrected chi connectivity index (χ1v) is 17.2. The third-order valence-electron chi connectivity index (χ3n) is 9.82. The smallest absolute Gasteiger partial charge is 0.419 e. The van der Waals surface area contributed by atoms with Crippen molar-refractivity contribution in [2.24, 2.45) is 0 Å². The molecule has 2 aromatic carbocycles. The van der Waals surface area contributed by atoms with E-state index in [9.17, 15) is 50.2 Å². The number of hydrogen-bond acceptors (Lipinski definition) is 4. The molecule has 2 aliphatic rings. The van der Waals surface area contributed by atoms with E-state index in [0.29, 0.717) is 62.9 Å². The number of carboxylic acid groups (broad SMARTS) is 1. The maximum atomic E-state index is 15.9.